The largest absolute Gasteiger partial charge is 0.444 e. The van der Waals surface area contributed by atoms with Gasteiger partial charge in [-0.3, -0.25) is 4.99 Å². The summed E-state index contributed by atoms with van der Waals surface area (Å²) in [6, 6.07) is 8.24. The average molecular weight is 415 g/mol. The van der Waals surface area contributed by atoms with Gasteiger partial charge in [-0.15, -0.1) is 0 Å². The van der Waals surface area contributed by atoms with E-state index >= 15 is 0 Å². The van der Waals surface area contributed by atoms with Gasteiger partial charge in [0.05, 0.1) is 23.6 Å². The van der Waals surface area contributed by atoms with Crippen LogP contribution in [0.15, 0.2) is 29.3 Å². The zero-order valence-electron chi connectivity index (χ0n) is 18.7. The topological polar surface area (TPSA) is 83.8 Å². The van der Waals surface area contributed by atoms with Crippen molar-refractivity contribution in [2.75, 3.05) is 26.2 Å². The van der Waals surface area contributed by atoms with Gasteiger partial charge in [0, 0.05) is 26.2 Å². The Kier molecular flexibility index (Phi) is 6.84. The van der Waals surface area contributed by atoms with Gasteiger partial charge in [0.25, 0.3) is 0 Å². The van der Waals surface area contributed by atoms with E-state index in [1.165, 1.54) is 0 Å². The molecule has 1 fully saturated rings. The second-order valence-electron chi connectivity index (χ2n) is 8.61. The van der Waals surface area contributed by atoms with Gasteiger partial charge in [0.1, 0.15) is 11.4 Å². The zero-order valence-corrected chi connectivity index (χ0v) is 18.7. The number of nitrogens with one attached hydrogen (secondary N) is 2. The Morgan fingerprint density at radius 2 is 2.10 bits per heavy atom. The van der Waals surface area contributed by atoms with Gasteiger partial charge in [-0.05, 0) is 53.2 Å². The number of rotatable bonds is 5. The monoisotopic (exact) mass is 414 g/mol. The first-order valence-corrected chi connectivity index (χ1v) is 10.7. The Hall–Kier alpha value is -2.77. The fourth-order valence-electron chi connectivity index (χ4n) is 3.70. The molecule has 1 aromatic heterocycles. The lowest BCUT2D eigenvalue weighted by Crippen LogP contribution is -2.44. The number of aromatic nitrogens is 2. The molecule has 2 heterocycles. The molecular weight excluding hydrogens is 380 g/mol. The molecule has 8 nitrogen and oxygen atoms in total. The smallest absolute Gasteiger partial charge is 0.407 e. The highest BCUT2D eigenvalue weighted by atomic mass is 16.6. The van der Waals surface area contributed by atoms with Crippen LogP contribution in [0.4, 0.5) is 4.79 Å². The summed E-state index contributed by atoms with van der Waals surface area (Å²) in [5.41, 5.74) is 1.66. The summed E-state index contributed by atoms with van der Waals surface area (Å²) in [6.07, 6.45) is 0.508. The van der Waals surface area contributed by atoms with E-state index in [1.807, 2.05) is 45.9 Å². The van der Waals surface area contributed by atoms with E-state index < -0.39 is 5.60 Å². The molecule has 1 aromatic carbocycles. The third kappa shape index (κ3) is 5.64. The summed E-state index contributed by atoms with van der Waals surface area (Å²) in [7, 11) is 0. The van der Waals surface area contributed by atoms with E-state index in [0.717, 1.165) is 55.4 Å². The standard InChI is InChI=1S/C22H34N6O2/c1-6-23-20(27-13-11-17(15-27)26-21(29)30-22(3,4)5)24-12-14-28-16(2)25-18-9-7-8-10-19(18)28/h7-10,17H,6,11-15H2,1-5H3,(H,23,24)(H,26,29). The molecule has 2 N–H and O–H groups in total. The van der Waals surface area contributed by atoms with Gasteiger partial charge in [-0.25, -0.2) is 9.78 Å². The van der Waals surface area contributed by atoms with E-state index in [-0.39, 0.29) is 12.1 Å². The summed E-state index contributed by atoms with van der Waals surface area (Å²) >= 11 is 0. The number of hydrogen-bond acceptors (Lipinski definition) is 4. The molecule has 1 unspecified atom stereocenters. The Morgan fingerprint density at radius 1 is 1.33 bits per heavy atom. The fourth-order valence-corrected chi connectivity index (χ4v) is 3.70. The molecule has 0 bridgehead atoms. The van der Waals surface area contributed by atoms with Crippen LogP contribution in [0.2, 0.25) is 0 Å². The number of alkyl carbamates (subject to hydrolysis) is 1. The molecule has 0 aliphatic carbocycles. The van der Waals surface area contributed by atoms with Crippen LogP contribution in [0.25, 0.3) is 11.0 Å². The van der Waals surface area contributed by atoms with Crippen LogP contribution in [0, 0.1) is 6.92 Å². The van der Waals surface area contributed by atoms with Crippen molar-refractivity contribution in [2.45, 2.75) is 59.2 Å². The minimum Gasteiger partial charge on any atom is -0.444 e. The molecule has 0 radical (unpaired) electrons. The molecule has 1 aliphatic rings. The fraction of sp³-hybridized carbons (Fsp3) is 0.591. The summed E-state index contributed by atoms with van der Waals surface area (Å²) in [4.78, 5) is 23.7. The lowest BCUT2D eigenvalue weighted by atomic mass is 10.2. The number of aryl methyl sites for hydroxylation is 1. The van der Waals surface area contributed by atoms with E-state index in [9.17, 15) is 4.79 Å². The number of imidazole rings is 1. The SMILES string of the molecule is CCNC(=NCCn1c(C)nc2ccccc21)N1CCC(NC(=O)OC(C)(C)C)C1. The predicted octanol–water partition coefficient (Wildman–Crippen LogP) is 2.91. The number of carbonyl (C=O) groups is 1. The molecule has 30 heavy (non-hydrogen) atoms. The van der Waals surface area contributed by atoms with Crippen molar-refractivity contribution in [3.8, 4) is 0 Å². The van der Waals surface area contributed by atoms with E-state index in [0.29, 0.717) is 6.54 Å². The first-order chi connectivity index (χ1) is 14.3. The Balaban J connectivity index is 1.59. The first-order valence-electron chi connectivity index (χ1n) is 10.7. The number of benzene rings is 1. The number of ether oxygens (including phenoxy) is 1. The minimum atomic E-state index is -0.492. The second kappa shape index (κ2) is 9.36. The number of hydrogen-bond donors (Lipinski definition) is 2. The van der Waals surface area contributed by atoms with Crippen LogP contribution in [0.5, 0.6) is 0 Å². The number of carbonyl (C=O) groups excluding carboxylic acids is 1. The van der Waals surface area contributed by atoms with Crippen LogP contribution in [-0.4, -0.2) is 64.3 Å². The first kappa shape index (κ1) is 21.9. The third-order valence-corrected chi connectivity index (χ3v) is 4.97. The van der Waals surface area contributed by atoms with Gasteiger partial charge in [-0.2, -0.15) is 0 Å². The van der Waals surface area contributed by atoms with Gasteiger partial charge in [-0.1, -0.05) is 12.1 Å². The molecule has 0 saturated carbocycles. The number of fused-ring (bicyclic) bond motifs is 1. The number of para-hydroxylation sites is 2. The number of amides is 1. The molecule has 2 aromatic rings. The predicted molar refractivity (Wildman–Crippen MR) is 120 cm³/mol. The highest BCUT2D eigenvalue weighted by Gasteiger charge is 2.27. The molecule has 1 saturated heterocycles. The van der Waals surface area contributed by atoms with Crippen molar-refractivity contribution in [2.24, 2.45) is 4.99 Å². The quantitative estimate of drug-likeness (QED) is 0.581. The number of aliphatic imine (C=N–C) groups is 1. The van der Waals surface area contributed by atoms with Crippen molar-refractivity contribution >= 4 is 23.1 Å². The van der Waals surface area contributed by atoms with Crippen LogP contribution < -0.4 is 10.6 Å². The molecule has 1 aliphatic heterocycles. The third-order valence-electron chi connectivity index (χ3n) is 4.97. The van der Waals surface area contributed by atoms with Crippen LogP contribution >= 0.6 is 0 Å². The second-order valence-corrected chi connectivity index (χ2v) is 8.61. The summed E-state index contributed by atoms with van der Waals surface area (Å²) in [5, 5.41) is 6.35. The highest BCUT2D eigenvalue weighted by Crippen LogP contribution is 2.15. The van der Waals surface area contributed by atoms with E-state index in [2.05, 4.69) is 38.1 Å². The Labute approximate surface area is 178 Å². The molecule has 0 spiro atoms. The molecular formula is C22H34N6O2. The molecule has 3 rings (SSSR count). The maximum absolute atomic E-state index is 12.1. The normalized spacial score (nSPS) is 17.4. The van der Waals surface area contributed by atoms with Crippen LogP contribution in [0.3, 0.4) is 0 Å². The van der Waals surface area contributed by atoms with Crippen LogP contribution in [0.1, 0.15) is 39.9 Å². The molecule has 1 amide bonds. The Bertz CT molecular complexity index is 899. The van der Waals surface area contributed by atoms with Crippen molar-refractivity contribution in [3.63, 3.8) is 0 Å². The molecule has 164 valence electrons. The van der Waals surface area contributed by atoms with Gasteiger partial charge < -0.3 is 24.8 Å². The summed E-state index contributed by atoms with van der Waals surface area (Å²) in [6.45, 7) is 13.5. The van der Waals surface area contributed by atoms with Crippen molar-refractivity contribution in [1.82, 2.24) is 25.1 Å². The lowest BCUT2D eigenvalue weighted by Gasteiger charge is -2.23. The van der Waals surface area contributed by atoms with Crippen molar-refractivity contribution < 1.29 is 9.53 Å². The molecule has 8 heteroatoms. The Morgan fingerprint density at radius 3 is 2.83 bits per heavy atom. The van der Waals surface area contributed by atoms with E-state index in [4.69, 9.17) is 9.73 Å². The van der Waals surface area contributed by atoms with Crippen molar-refractivity contribution in [3.05, 3.63) is 30.1 Å². The van der Waals surface area contributed by atoms with E-state index in [1.54, 1.807) is 0 Å². The average Bonchev–Trinajstić information content (AvgIpc) is 3.23. The minimum absolute atomic E-state index is 0.0588. The van der Waals surface area contributed by atoms with Crippen LogP contribution in [-0.2, 0) is 11.3 Å². The van der Waals surface area contributed by atoms with Gasteiger partial charge in [0.2, 0.25) is 0 Å². The van der Waals surface area contributed by atoms with Gasteiger partial charge in [0.15, 0.2) is 5.96 Å². The summed E-state index contributed by atoms with van der Waals surface area (Å²) < 4.78 is 7.58. The number of guanidine groups is 1. The zero-order chi connectivity index (χ0) is 21.7. The highest BCUT2D eigenvalue weighted by molar-refractivity contribution is 5.80. The summed E-state index contributed by atoms with van der Waals surface area (Å²) in [5.74, 6) is 1.88. The lowest BCUT2D eigenvalue weighted by molar-refractivity contribution is 0.0507. The van der Waals surface area contributed by atoms with Gasteiger partial charge >= 0.3 is 6.09 Å². The maximum atomic E-state index is 12.1. The number of nitrogens with zero attached hydrogens (tertiary/aromatic N) is 4. The van der Waals surface area contributed by atoms with Crippen molar-refractivity contribution in [1.29, 1.82) is 0 Å². The maximum Gasteiger partial charge on any atom is 0.407 e. The number of likely N-dealkylation sites (tertiary alicyclic amines) is 1. The molecule has 1 atom stereocenters.